The van der Waals surface area contributed by atoms with Gasteiger partial charge in [-0.25, -0.2) is 0 Å². The second-order valence-electron chi connectivity index (χ2n) is 6.28. The van der Waals surface area contributed by atoms with Gasteiger partial charge in [0.15, 0.2) is 0 Å². The third-order valence-corrected chi connectivity index (χ3v) is 5.11. The molecule has 0 saturated carbocycles. The van der Waals surface area contributed by atoms with Crippen molar-refractivity contribution in [3.8, 4) is 16.3 Å². The molecule has 2 amide bonds. The standard InChI is InChI=1S/C22H16N4O3S/c27-18-9-5-4-8-17(18)20(29)23-16-12-10-14(11-13-16)19(28)24-22-26-25-21(30-22)15-6-2-1-3-7-15/h1-13,27H,(H,23,29)(H,24,26,28). The number of nitrogens with zero attached hydrogens (tertiary/aromatic N) is 2. The number of nitrogens with one attached hydrogen (secondary N) is 2. The molecule has 0 bridgehead atoms. The fourth-order valence-corrected chi connectivity index (χ4v) is 3.45. The lowest BCUT2D eigenvalue weighted by molar-refractivity contribution is 0.101. The Bertz CT molecular complexity index is 1190. The first-order valence-corrected chi connectivity index (χ1v) is 9.81. The Hall–Kier alpha value is -4.04. The van der Waals surface area contributed by atoms with Gasteiger partial charge in [-0.05, 0) is 36.4 Å². The Morgan fingerprint density at radius 1 is 0.767 bits per heavy atom. The number of carbonyl (C=O) groups is 2. The third kappa shape index (κ3) is 4.34. The molecule has 148 valence electrons. The van der Waals surface area contributed by atoms with Crippen LogP contribution >= 0.6 is 11.3 Å². The van der Waals surface area contributed by atoms with Crippen LogP contribution in [0.1, 0.15) is 20.7 Å². The van der Waals surface area contributed by atoms with Crippen LogP contribution in [-0.4, -0.2) is 27.1 Å². The summed E-state index contributed by atoms with van der Waals surface area (Å²) < 4.78 is 0. The Morgan fingerprint density at radius 3 is 2.20 bits per heavy atom. The molecular formula is C22H16N4O3S. The van der Waals surface area contributed by atoms with Crippen LogP contribution in [-0.2, 0) is 0 Å². The molecule has 1 aromatic heterocycles. The molecule has 0 unspecified atom stereocenters. The Morgan fingerprint density at radius 2 is 1.47 bits per heavy atom. The predicted octanol–water partition coefficient (Wildman–Crippen LogP) is 4.42. The first-order valence-electron chi connectivity index (χ1n) is 9.00. The lowest BCUT2D eigenvalue weighted by atomic mass is 10.1. The van der Waals surface area contributed by atoms with E-state index in [4.69, 9.17) is 0 Å². The number of benzene rings is 3. The van der Waals surface area contributed by atoms with Crippen molar-refractivity contribution in [1.82, 2.24) is 10.2 Å². The number of phenolic OH excluding ortho intramolecular Hbond substituents is 1. The van der Waals surface area contributed by atoms with Crippen LogP contribution in [0.2, 0.25) is 0 Å². The number of phenols is 1. The van der Waals surface area contributed by atoms with Gasteiger partial charge in [-0.1, -0.05) is 53.8 Å². The van der Waals surface area contributed by atoms with E-state index in [1.165, 1.54) is 23.5 Å². The second-order valence-corrected chi connectivity index (χ2v) is 7.26. The van der Waals surface area contributed by atoms with E-state index < -0.39 is 5.91 Å². The van der Waals surface area contributed by atoms with Gasteiger partial charge in [0.25, 0.3) is 11.8 Å². The molecule has 30 heavy (non-hydrogen) atoms. The summed E-state index contributed by atoms with van der Waals surface area (Å²) in [6, 6.07) is 22.3. The molecule has 0 saturated heterocycles. The molecular weight excluding hydrogens is 400 g/mol. The SMILES string of the molecule is O=C(Nc1nnc(-c2ccccc2)s1)c1ccc(NC(=O)c2ccccc2O)cc1. The average Bonchev–Trinajstić information content (AvgIpc) is 3.23. The molecule has 0 spiro atoms. The summed E-state index contributed by atoms with van der Waals surface area (Å²) in [5, 5.41) is 24.4. The van der Waals surface area contributed by atoms with Crippen LogP contribution in [0, 0.1) is 0 Å². The summed E-state index contributed by atoms with van der Waals surface area (Å²) in [7, 11) is 0. The maximum Gasteiger partial charge on any atom is 0.259 e. The average molecular weight is 416 g/mol. The van der Waals surface area contributed by atoms with Gasteiger partial charge in [-0.2, -0.15) is 0 Å². The Labute approximate surface area is 176 Å². The number of hydrogen-bond donors (Lipinski definition) is 3. The van der Waals surface area contributed by atoms with E-state index in [1.807, 2.05) is 30.3 Å². The number of amides is 2. The van der Waals surface area contributed by atoms with E-state index in [-0.39, 0.29) is 17.2 Å². The first kappa shape index (κ1) is 19.3. The molecule has 0 aliphatic heterocycles. The van der Waals surface area contributed by atoms with Crippen LogP contribution in [0.5, 0.6) is 5.75 Å². The molecule has 3 aromatic carbocycles. The lowest BCUT2D eigenvalue weighted by Crippen LogP contribution is -2.13. The zero-order valence-corrected chi connectivity index (χ0v) is 16.4. The molecule has 0 aliphatic carbocycles. The molecule has 4 rings (SSSR count). The zero-order chi connectivity index (χ0) is 20.9. The number of aromatic hydroxyl groups is 1. The lowest BCUT2D eigenvalue weighted by Gasteiger charge is -2.07. The van der Waals surface area contributed by atoms with Gasteiger partial charge in [-0.15, -0.1) is 10.2 Å². The van der Waals surface area contributed by atoms with Crippen molar-refractivity contribution >= 4 is 34.0 Å². The number of anilines is 2. The maximum absolute atomic E-state index is 12.5. The molecule has 7 nitrogen and oxygen atoms in total. The van der Waals surface area contributed by atoms with Gasteiger partial charge in [0.05, 0.1) is 5.56 Å². The summed E-state index contributed by atoms with van der Waals surface area (Å²) in [4.78, 5) is 24.7. The van der Waals surface area contributed by atoms with E-state index in [9.17, 15) is 14.7 Å². The van der Waals surface area contributed by atoms with Gasteiger partial charge in [-0.3, -0.25) is 14.9 Å². The minimum Gasteiger partial charge on any atom is -0.507 e. The summed E-state index contributed by atoms with van der Waals surface area (Å²) >= 11 is 1.28. The van der Waals surface area contributed by atoms with Crippen LogP contribution < -0.4 is 10.6 Å². The normalized spacial score (nSPS) is 10.4. The van der Waals surface area contributed by atoms with Crippen LogP contribution in [0.3, 0.4) is 0 Å². The number of hydrogen-bond acceptors (Lipinski definition) is 6. The Balaban J connectivity index is 1.40. The predicted molar refractivity (Wildman–Crippen MR) is 116 cm³/mol. The molecule has 0 radical (unpaired) electrons. The topological polar surface area (TPSA) is 104 Å². The number of para-hydroxylation sites is 1. The van der Waals surface area contributed by atoms with Crippen molar-refractivity contribution in [1.29, 1.82) is 0 Å². The second kappa shape index (κ2) is 8.54. The fourth-order valence-electron chi connectivity index (χ4n) is 2.71. The molecule has 0 fully saturated rings. The highest BCUT2D eigenvalue weighted by Crippen LogP contribution is 2.26. The van der Waals surface area contributed by atoms with Crippen molar-refractivity contribution in [2.24, 2.45) is 0 Å². The van der Waals surface area contributed by atoms with Gasteiger partial charge < -0.3 is 10.4 Å². The Kier molecular flexibility index (Phi) is 5.49. The zero-order valence-electron chi connectivity index (χ0n) is 15.6. The summed E-state index contributed by atoms with van der Waals surface area (Å²) in [5.41, 5.74) is 2.01. The van der Waals surface area contributed by atoms with E-state index >= 15 is 0 Å². The monoisotopic (exact) mass is 416 g/mol. The highest BCUT2D eigenvalue weighted by Gasteiger charge is 2.13. The summed E-state index contributed by atoms with van der Waals surface area (Å²) in [6.07, 6.45) is 0. The minimum atomic E-state index is -0.437. The van der Waals surface area contributed by atoms with E-state index in [0.29, 0.717) is 21.4 Å². The summed E-state index contributed by atoms with van der Waals surface area (Å²) in [6.45, 7) is 0. The third-order valence-electron chi connectivity index (χ3n) is 4.22. The number of rotatable bonds is 5. The van der Waals surface area contributed by atoms with Crippen molar-refractivity contribution in [2.45, 2.75) is 0 Å². The van der Waals surface area contributed by atoms with E-state index in [2.05, 4.69) is 20.8 Å². The van der Waals surface area contributed by atoms with Crippen LogP contribution in [0.4, 0.5) is 10.8 Å². The number of carbonyl (C=O) groups excluding carboxylic acids is 2. The maximum atomic E-state index is 12.5. The van der Waals surface area contributed by atoms with E-state index in [1.54, 1.807) is 36.4 Å². The molecule has 1 heterocycles. The van der Waals surface area contributed by atoms with Gasteiger partial charge in [0.1, 0.15) is 10.8 Å². The van der Waals surface area contributed by atoms with Crippen LogP contribution in [0.15, 0.2) is 78.9 Å². The molecule has 0 atom stereocenters. The fraction of sp³-hybridized carbons (Fsp3) is 0. The van der Waals surface area contributed by atoms with Crippen LogP contribution in [0.25, 0.3) is 10.6 Å². The van der Waals surface area contributed by atoms with Crippen molar-refractivity contribution in [3.63, 3.8) is 0 Å². The van der Waals surface area contributed by atoms with Crippen molar-refractivity contribution in [3.05, 3.63) is 90.0 Å². The van der Waals surface area contributed by atoms with E-state index in [0.717, 1.165) is 5.56 Å². The molecule has 8 heteroatoms. The van der Waals surface area contributed by atoms with Gasteiger partial charge >= 0.3 is 0 Å². The van der Waals surface area contributed by atoms with Crippen molar-refractivity contribution in [2.75, 3.05) is 10.6 Å². The highest BCUT2D eigenvalue weighted by atomic mass is 32.1. The quantitative estimate of drug-likeness (QED) is 0.447. The molecule has 4 aromatic rings. The first-order chi connectivity index (χ1) is 14.6. The van der Waals surface area contributed by atoms with Gasteiger partial charge in [0, 0.05) is 16.8 Å². The van der Waals surface area contributed by atoms with Gasteiger partial charge in [0.2, 0.25) is 5.13 Å². The van der Waals surface area contributed by atoms with Crippen molar-refractivity contribution < 1.29 is 14.7 Å². The minimum absolute atomic E-state index is 0.0991. The smallest absolute Gasteiger partial charge is 0.259 e. The summed E-state index contributed by atoms with van der Waals surface area (Å²) in [5.74, 6) is -0.866. The highest BCUT2D eigenvalue weighted by molar-refractivity contribution is 7.18. The molecule has 0 aliphatic rings. The molecule has 3 N–H and O–H groups in total. The largest absolute Gasteiger partial charge is 0.507 e. The number of aromatic nitrogens is 2.